The second-order valence-electron chi connectivity index (χ2n) is 4.96. The van der Waals surface area contributed by atoms with E-state index < -0.39 is 47.8 Å². The second-order valence-corrected chi connectivity index (χ2v) is 4.96. The molecule has 17 heavy (non-hydrogen) atoms. The molecular weight excluding hydrogens is 227 g/mol. The standard InChI is InChI=1S/C11H14BF2NO2/c1-10(2)11(3,4)17-12(16-10)8-7(13)5-6-15-9(8)14/h5-6H,1-4H3/i5D,6D. The van der Waals surface area contributed by atoms with Crippen LogP contribution in [0, 0.1) is 11.8 Å². The van der Waals surface area contributed by atoms with E-state index in [-0.39, 0.29) is 0 Å². The van der Waals surface area contributed by atoms with Gasteiger partial charge in [0.25, 0.3) is 0 Å². The van der Waals surface area contributed by atoms with Gasteiger partial charge in [0.05, 0.1) is 19.4 Å². The maximum Gasteiger partial charge on any atom is 0.502 e. The Labute approximate surface area is 102 Å². The maximum atomic E-state index is 13.9. The van der Waals surface area contributed by atoms with E-state index >= 15 is 0 Å². The third-order valence-corrected chi connectivity index (χ3v) is 3.27. The van der Waals surface area contributed by atoms with Crippen LogP contribution in [0.15, 0.2) is 12.2 Å². The van der Waals surface area contributed by atoms with E-state index in [1.165, 1.54) is 0 Å². The third kappa shape index (κ3) is 1.95. The fourth-order valence-corrected chi connectivity index (χ4v) is 1.51. The quantitative estimate of drug-likeness (QED) is 0.555. The van der Waals surface area contributed by atoms with Crippen LogP contribution in [-0.4, -0.2) is 23.3 Å². The van der Waals surface area contributed by atoms with E-state index in [2.05, 4.69) is 4.98 Å². The van der Waals surface area contributed by atoms with E-state index in [4.69, 9.17) is 12.1 Å². The molecule has 0 saturated carbocycles. The number of hydrogen-bond donors (Lipinski definition) is 0. The molecule has 1 aromatic rings. The van der Waals surface area contributed by atoms with Crippen LogP contribution in [0.5, 0.6) is 0 Å². The third-order valence-electron chi connectivity index (χ3n) is 3.27. The SMILES string of the molecule is [2H]c1nc(F)c(B2OC(C)(C)C(C)(C)O2)c(F)c1[2H]. The number of pyridine rings is 1. The van der Waals surface area contributed by atoms with Crippen molar-refractivity contribution >= 4 is 12.6 Å². The van der Waals surface area contributed by atoms with Crippen LogP contribution in [0.4, 0.5) is 8.78 Å². The van der Waals surface area contributed by atoms with E-state index in [1.807, 2.05) is 0 Å². The molecule has 0 radical (unpaired) electrons. The van der Waals surface area contributed by atoms with Gasteiger partial charge in [0, 0.05) is 6.17 Å². The van der Waals surface area contributed by atoms with Gasteiger partial charge in [-0.15, -0.1) is 0 Å². The van der Waals surface area contributed by atoms with Gasteiger partial charge < -0.3 is 9.31 Å². The van der Waals surface area contributed by atoms with Crippen molar-refractivity contribution in [2.45, 2.75) is 38.9 Å². The molecular formula is C11H14BF2NO2. The van der Waals surface area contributed by atoms with Crippen molar-refractivity contribution in [1.82, 2.24) is 4.98 Å². The van der Waals surface area contributed by atoms with Gasteiger partial charge in [-0.25, -0.2) is 9.37 Å². The lowest BCUT2D eigenvalue weighted by Gasteiger charge is -2.32. The molecule has 0 N–H and O–H groups in total. The summed E-state index contributed by atoms with van der Waals surface area (Å²) >= 11 is 0. The molecule has 1 aliphatic rings. The molecule has 0 atom stereocenters. The molecule has 2 heterocycles. The highest BCUT2D eigenvalue weighted by Gasteiger charge is 2.53. The van der Waals surface area contributed by atoms with Crippen molar-refractivity contribution in [1.29, 1.82) is 0 Å². The summed E-state index contributed by atoms with van der Waals surface area (Å²) in [5.41, 5.74) is -2.06. The molecule has 0 aliphatic carbocycles. The highest BCUT2D eigenvalue weighted by molar-refractivity contribution is 6.62. The van der Waals surface area contributed by atoms with E-state index in [1.54, 1.807) is 27.7 Å². The molecule has 2 rings (SSSR count). The Morgan fingerprint density at radius 3 is 2.29 bits per heavy atom. The van der Waals surface area contributed by atoms with Crippen molar-refractivity contribution in [2.24, 2.45) is 0 Å². The lowest BCUT2D eigenvalue weighted by molar-refractivity contribution is 0.00578. The monoisotopic (exact) mass is 243 g/mol. The lowest BCUT2D eigenvalue weighted by atomic mass is 9.79. The Balaban J connectivity index is 2.49. The number of nitrogens with zero attached hydrogens (tertiary/aromatic N) is 1. The topological polar surface area (TPSA) is 31.4 Å². The van der Waals surface area contributed by atoms with E-state index in [0.717, 1.165) is 0 Å². The summed E-state index contributed by atoms with van der Waals surface area (Å²) in [6.45, 7) is 6.99. The summed E-state index contributed by atoms with van der Waals surface area (Å²) in [6.07, 6.45) is -0.754. The lowest BCUT2D eigenvalue weighted by Crippen LogP contribution is -2.41. The average Bonchev–Trinajstić information content (AvgIpc) is 2.44. The van der Waals surface area contributed by atoms with Crippen molar-refractivity contribution in [3.05, 3.63) is 24.0 Å². The first kappa shape index (κ1) is 9.97. The molecule has 0 spiro atoms. The number of hydrogen-bond acceptors (Lipinski definition) is 3. The number of rotatable bonds is 1. The first-order chi connectivity index (χ1) is 8.57. The second kappa shape index (κ2) is 3.75. The highest BCUT2D eigenvalue weighted by atomic mass is 19.1. The van der Waals surface area contributed by atoms with Crippen LogP contribution in [0.25, 0.3) is 0 Å². The van der Waals surface area contributed by atoms with Crippen molar-refractivity contribution < 1.29 is 20.8 Å². The van der Waals surface area contributed by atoms with Gasteiger partial charge in [0.15, 0.2) is 0 Å². The Kier molecular flexibility index (Phi) is 2.20. The molecule has 1 fully saturated rings. The van der Waals surface area contributed by atoms with Crippen LogP contribution < -0.4 is 5.46 Å². The van der Waals surface area contributed by atoms with Gasteiger partial charge in [-0.3, -0.25) is 0 Å². The Morgan fingerprint density at radius 2 is 1.76 bits per heavy atom. The first-order valence-electron chi connectivity index (χ1n) is 6.24. The first-order valence-corrected chi connectivity index (χ1v) is 5.24. The average molecular weight is 243 g/mol. The zero-order valence-electron chi connectivity index (χ0n) is 12.1. The molecule has 92 valence electrons. The fraction of sp³-hybridized carbons (Fsp3) is 0.545. The van der Waals surface area contributed by atoms with Crippen LogP contribution in [0.2, 0.25) is 0 Å². The van der Waals surface area contributed by atoms with Crippen LogP contribution >= 0.6 is 0 Å². The molecule has 3 nitrogen and oxygen atoms in total. The van der Waals surface area contributed by atoms with Crippen LogP contribution in [0.3, 0.4) is 0 Å². The summed E-state index contributed by atoms with van der Waals surface area (Å²) in [6, 6.07) is -0.772. The maximum absolute atomic E-state index is 13.9. The molecule has 6 heteroatoms. The van der Waals surface area contributed by atoms with Crippen LogP contribution in [-0.2, 0) is 9.31 Å². The Bertz CT molecular complexity index is 524. The largest absolute Gasteiger partial charge is 0.502 e. The van der Waals surface area contributed by atoms with E-state index in [9.17, 15) is 8.78 Å². The summed E-state index contributed by atoms with van der Waals surface area (Å²) in [5, 5.41) is 0. The summed E-state index contributed by atoms with van der Waals surface area (Å²) < 4.78 is 53.2. The predicted molar refractivity (Wildman–Crippen MR) is 59.9 cm³/mol. The minimum atomic E-state index is -1.28. The van der Waals surface area contributed by atoms with Crippen molar-refractivity contribution in [2.75, 3.05) is 0 Å². The van der Waals surface area contributed by atoms with Gasteiger partial charge in [0.2, 0.25) is 5.95 Å². The summed E-state index contributed by atoms with van der Waals surface area (Å²) in [5.74, 6) is -2.35. The molecule has 0 amide bonds. The van der Waals surface area contributed by atoms with Gasteiger partial charge in [-0.2, -0.15) is 4.39 Å². The molecule has 0 bridgehead atoms. The van der Waals surface area contributed by atoms with Crippen molar-refractivity contribution in [3.8, 4) is 0 Å². The summed E-state index contributed by atoms with van der Waals surface area (Å²) in [7, 11) is -1.28. The smallest absolute Gasteiger partial charge is 0.399 e. The van der Waals surface area contributed by atoms with Gasteiger partial charge in [-0.05, 0) is 33.7 Å². The minimum absolute atomic E-state index is 0.556. The van der Waals surface area contributed by atoms with Crippen molar-refractivity contribution in [3.63, 3.8) is 0 Å². The minimum Gasteiger partial charge on any atom is -0.399 e. The zero-order valence-corrected chi connectivity index (χ0v) is 10.1. The van der Waals surface area contributed by atoms with E-state index in [0.29, 0.717) is 0 Å². The Morgan fingerprint density at radius 1 is 1.24 bits per heavy atom. The predicted octanol–water partition coefficient (Wildman–Crippen LogP) is 1.66. The summed E-state index contributed by atoms with van der Waals surface area (Å²) in [4.78, 5) is 3.19. The number of aromatic nitrogens is 1. The van der Waals surface area contributed by atoms with Crippen LogP contribution in [0.1, 0.15) is 30.4 Å². The Hall–Kier alpha value is -1.01. The number of halogens is 2. The van der Waals surface area contributed by atoms with Gasteiger partial charge >= 0.3 is 7.12 Å². The van der Waals surface area contributed by atoms with Gasteiger partial charge in [0.1, 0.15) is 5.82 Å². The molecule has 1 aliphatic heterocycles. The molecule has 0 unspecified atom stereocenters. The molecule has 1 aromatic heterocycles. The highest BCUT2D eigenvalue weighted by Crippen LogP contribution is 2.36. The normalized spacial score (nSPS) is 23.5. The fourth-order valence-electron chi connectivity index (χ4n) is 1.51. The molecule has 0 aromatic carbocycles. The molecule has 1 saturated heterocycles. The zero-order chi connectivity index (χ0) is 14.6. The van der Waals surface area contributed by atoms with Gasteiger partial charge in [-0.1, -0.05) is 0 Å².